The Balaban J connectivity index is 1.42. The maximum atomic E-state index is 13.0. The summed E-state index contributed by atoms with van der Waals surface area (Å²) >= 11 is 0. The Labute approximate surface area is 206 Å². The van der Waals surface area contributed by atoms with E-state index < -0.39 is 5.60 Å². The third-order valence-electron chi connectivity index (χ3n) is 7.78. The van der Waals surface area contributed by atoms with Crippen LogP contribution in [0.15, 0.2) is 29.1 Å². The van der Waals surface area contributed by atoms with Gasteiger partial charge in [0.05, 0.1) is 18.8 Å². The molecule has 1 saturated heterocycles. The first-order chi connectivity index (χ1) is 16.7. The van der Waals surface area contributed by atoms with Crippen LogP contribution in [0.2, 0.25) is 0 Å². The van der Waals surface area contributed by atoms with Crippen LogP contribution >= 0.6 is 0 Å². The van der Waals surface area contributed by atoms with Crippen molar-refractivity contribution in [2.75, 3.05) is 39.9 Å². The second-order valence-electron chi connectivity index (χ2n) is 10.1. The molecule has 0 saturated carbocycles. The summed E-state index contributed by atoms with van der Waals surface area (Å²) in [6.07, 6.45) is 3.26. The summed E-state index contributed by atoms with van der Waals surface area (Å²) in [5.41, 5.74) is 2.77. The number of phenols is 1. The first kappa shape index (κ1) is 25.4. The number of fused-ring (bicyclic) bond motifs is 1. The van der Waals surface area contributed by atoms with Crippen LogP contribution in [0.4, 0.5) is 0 Å². The van der Waals surface area contributed by atoms with Gasteiger partial charge in [-0.05, 0) is 88.0 Å². The zero-order valence-electron chi connectivity index (χ0n) is 21.0. The molecular formula is C27H37N3O5. The van der Waals surface area contributed by atoms with Crippen molar-refractivity contribution >= 4 is 5.91 Å². The molecule has 0 bridgehead atoms. The number of nitrogens with zero attached hydrogens (tertiary/aromatic N) is 2. The number of hydrogen-bond donors (Lipinski definition) is 3. The lowest BCUT2D eigenvalue weighted by Gasteiger charge is -2.42. The molecule has 2 aliphatic rings. The van der Waals surface area contributed by atoms with Crippen LogP contribution in [0.1, 0.15) is 52.5 Å². The van der Waals surface area contributed by atoms with Crippen molar-refractivity contribution in [3.63, 3.8) is 0 Å². The molecule has 1 fully saturated rings. The molecule has 2 unspecified atom stereocenters. The third-order valence-corrected chi connectivity index (χ3v) is 7.78. The van der Waals surface area contributed by atoms with Crippen molar-refractivity contribution in [1.82, 2.24) is 14.8 Å². The number of aromatic amines is 1. The van der Waals surface area contributed by atoms with E-state index in [0.717, 1.165) is 41.8 Å². The Morgan fingerprint density at radius 3 is 2.77 bits per heavy atom. The lowest BCUT2D eigenvalue weighted by atomic mass is 9.77. The van der Waals surface area contributed by atoms with Gasteiger partial charge >= 0.3 is 0 Å². The van der Waals surface area contributed by atoms with Gasteiger partial charge in [0.1, 0.15) is 11.3 Å². The van der Waals surface area contributed by atoms with Gasteiger partial charge in [-0.1, -0.05) is 6.07 Å². The first-order valence-corrected chi connectivity index (χ1v) is 12.5. The van der Waals surface area contributed by atoms with Crippen LogP contribution in [0.5, 0.6) is 5.75 Å². The zero-order valence-corrected chi connectivity index (χ0v) is 21.0. The average molecular weight is 484 g/mol. The number of ether oxygens (including phenoxy) is 1. The van der Waals surface area contributed by atoms with E-state index in [1.807, 2.05) is 33.0 Å². The van der Waals surface area contributed by atoms with E-state index >= 15 is 0 Å². The number of likely N-dealkylation sites (N-methyl/N-ethyl adjacent to an activating group) is 1. The van der Waals surface area contributed by atoms with Gasteiger partial charge in [-0.15, -0.1) is 0 Å². The number of benzene rings is 1. The van der Waals surface area contributed by atoms with E-state index in [2.05, 4.69) is 9.88 Å². The number of aromatic nitrogens is 1. The quantitative estimate of drug-likeness (QED) is 0.557. The number of morpholine rings is 1. The fourth-order valence-corrected chi connectivity index (χ4v) is 5.25. The lowest BCUT2D eigenvalue weighted by molar-refractivity contribution is -0.0440. The summed E-state index contributed by atoms with van der Waals surface area (Å²) in [5, 5.41) is 21.4. The predicted molar refractivity (Wildman–Crippen MR) is 134 cm³/mol. The number of aromatic hydroxyl groups is 1. The Hall–Kier alpha value is -2.68. The summed E-state index contributed by atoms with van der Waals surface area (Å²) < 4.78 is 5.32. The Kier molecular flexibility index (Phi) is 7.64. The largest absolute Gasteiger partial charge is 0.508 e. The number of phenolic OH excluding ortho intramolecular Hbond substituents is 1. The molecule has 1 aliphatic carbocycles. The van der Waals surface area contributed by atoms with Gasteiger partial charge in [0.2, 0.25) is 0 Å². The normalized spacial score (nSPS) is 21.1. The van der Waals surface area contributed by atoms with Crippen LogP contribution in [0.3, 0.4) is 0 Å². The topological polar surface area (TPSA) is 106 Å². The van der Waals surface area contributed by atoms with Crippen molar-refractivity contribution < 1.29 is 19.7 Å². The van der Waals surface area contributed by atoms with Crippen LogP contribution in [0, 0.1) is 6.92 Å². The number of amides is 1. The van der Waals surface area contributed by atoms with Crippen LogP contribution in [-0.4, -0.2) is 82.4 Å². The number of aryl methyl sites for hydroxylation is 3. The molecule has 1 amide bonds. The minimum Gasteiger partial charge on any atom is -0.508 e. The van der Waals surface area contributed by atoms with Gasteiger partial charge in [-0.25, -0.2) is 0 Å². The smallest absolute Gasteiger partial charge is 0.261 e. The van der Waals surface area contributed by atoms with E-state index in [9.17, 15) is 19.8 Å². The van der Waals surface area contributed by atoms with Gasteiger partial charge in [-0.2, -0.15) is 0 Å². The van der Waals surface area contributed by atoms with Gasteiger partial charge in [0.15, 0.2) is 0 Å². The molecule has 3 N–H and O–H groups in total. The molecule has 0 spiro atoms. The van der Waals surface area contributed by atoms with Crippen molar-refractivity contribution in [2.45, 2.75) is 57.6 Å². The summed E-state index contributed by atoms with van der Waals surface area (Å²) in [7, 11) is 2.02. The second-order valence-corrected chi connectivity index (χ2v) is 10.1. The summed E-state index contributed by atoms with van der Waals surface area (Å²) in [4.78, 5) is 32.3. The van der Waals surface area contributed by atoms with Crippen LogP contribution < -0.4 is 5.56 Å². The molecule has 4 rings (SSSR count). The van der Waals surface area contributed by atoms with Gasteiger partial charge < -0.3 is 29.7 Å². The maximum absolute atomic E-state index is 13.0. The maximum Gasteiger partial charge on any atom is 0.261 e. The molecule has 2 aromatic rings. The molecule has 190 valence electrons. The number of aliphatic hydroxyl groups is 1. The van der Waals surface area contributed by atoms with Crippen LogP contribution in [0.25, 0.3) is 0 Å². The number of hydrogen-bond acceptors (Lipinski definition) is 6. The Bertz CT molecular complexity index is 1120. The molecular weight excluding hydrogens is 446 g/mol. The van der Waals surface area contributed by atoms with Gasteiger partial charge in [-0.3, -0.25) is 9.59 Å². The first-order valence-electron chi connectivity index (χ1n) is 12.5. The Morgan fingerprint density at radius 2 is 2.03 bits per heavy atom. The van der Waals surface area contributed by atoms with Gasteiger partial charge in [0, 0.05) is 31.2 Å². The molecule has 2 atom stereocenters. The number of carbonyl (C=O) groups excluding carboxylic acids is 1. The zero-order chi connectivity index (χ0) is 25.2. The highest BCUT2D eigenvalue weighted by molar-refractivity contribution is 5.94. The standard InChI is InChI=1S/C27H37N3O5/c1-18-6-7-22(31)15-20(18)5-4-10-29(3)19(2)27(34)9-8-24-21(17-27)16-23(25(32)28-24)26(33)30-11-13-35-14-12-30/h6-7,15-16,19,31,34H,4-5,8-14,17H2,1-3H3,(H,28,32). The van der Waals surface area contributed by atoms with E-state index in [-0.39, 0.29) is 28.8 Å². The lowest BCUT2D eigenvalue weighted by Crippen LogP contribution is -2.53. The van der Waals surface area contributed by atoms with E-state index in [1.54, 1.807) is 17.0 Å². The number of H-pyrrole nitrogens is 1. The highest BCUT2D eigenvalue weighted by Gasteiger charge is 2.40. The molecule has 0 radical (unpaired) electrons. The van der Waals surface area contributed by atoms with E-state index in [4.69, 9.17) is 4.74 Å². The summed E-state index contributed by atoms with van der Waals surface area (Å²) in [6.45, 7) is 6.79. The predicted octanol–water partition coefficient (Wildman–Crippen LogP) is 2.03. The van der Waals surface area contributed by atoms with Crippen molar-refractivity contribution in [3.05, 3.63) is 62.6 Å². The van der Waals surface area contributed by atoms with Crippen molar-refractivity contribution in [3.8, 4) is 5.75 Å². The van der Waals surface area contributed by atoms with Crippen molar-refractivity contribution in [1.29, 1.82) is 0 Å². The minimum atomic E-state index is -0.958. The number of rotatable bonds is 7. The SMILES string of the molecule is Cc1ccc(O)cc1CCCN(C)C(C)C1(O)CCc2[nH]c(=O)c(C(=O)N3CCOCC3)cc2C1. The number of pyridine rings is 1. The van der Waals surface area contributed by atoms with Crippen molar-refractivity contribution in [2.24, 2.45) is 0 Å². The highest BCUT2D eigenvalue weighted by atomic mass is 16.5. The molecule has 35 heavy (non-hydrogen) atoms. The molecule has 1 aliphatic heterocycles. The second kappa shape index (κ2) is 10.5. The number of carbonyl (C=O) groups is 1. The highest BCUT2D eigenvalue weighted by Crippen LogP contribution is 2.32. The summed E-state index contributed by atoms with van der Waals surface area (Å²) in [5.74, 6) is 0.00545. The fourth-order valence-electron chi connectivity index (χ4n) is 5.25. The molecule has 1 aromatic carbocycles. The van der Waals surface area contributed by atoms with E-state index in [0.29, 0.717) is 45.6 Å². The number of nitrogens with one attached hydrogen (secondary N) is 1. The van der Waals surface area contributed by atoms with Crippen LogP contribution in [-0.2, 0) is 24.0 Å². The minimum absolute atomic E-state index is 0.105. The van der Waals surface area contributed by atoms with E-state index in [1.165, 1.54) is 0 Å². The fraction of sp³-hybridized carbons (Fsp3) is 0.556. The average Bonchev–Trinajstić information content (AvgIpc) is 2.85. The third kappa shape index (κ3) is 5.60. The monoisotopic (exact) mass is 483 g/mol. The molecule has 2 heterocycles. The molecule has 8 heteroatoms. The molecule has 1 aromatic heterocycles. The Morgan fingerprint density at radius 1 is 1.29 bits per heavy atom. The summed E-state index contributed by atoms with van der Waals surface area (Å²) in [6, 6.07) is 7.04. The van der Waals surface area contributed by atoms with Gasteiger partial charge in [0.25, 0.3) is 11.5 Å². The molecule has 8 nitrogen and oxygen atoms in total.